The quantitative estimate of drug-likeness (QED) is 0.687. The molecule has 0 aliphatic carbocycles. The molecule has 0 saturated carbocycles. The minimum atomic E-state index is -0.0521. The highest BCUT2D eigenvalue weighted by Crippen LogP contribution is 2.23. The molecule has 2 aromatic carbocycles. The van der Waals surface area contributed by atoms with Gasteiger partial charge in [0.05, 0.1) is 25.5 Å². The summed E-state index contributed by atoms with van der Waals surface area (Å²) >= 11 is 0. The molecule has 3 aromatic rings. The average Bonchev–Trinajstić information content (AvgIpc) is 3.43. The highest BCUT2D eigenvalue weighted by molar-refractivity contribution is 5.94. The van der Waals surface area contributed by atoms with Gasteiger partial charge in [-0.1, -0.05) is 24.3 Å². The van der Waals surface area contributed by atoms with Gasteiger partial charge in [-0.2, -0.15) is 0 Å². The molecule has 0 radical (unpaired) electrons. The van der Waals surface area contributed by atoms with Crippen LogP contribution in [0.4, 0.5) is 0 Å². The number of ether oxygens (including phenoxy) is 2. The molecule has 2 heterocycles. The van der Waals surface area contributed by atoms with Crippen molar-refractivity contribution in [3.8, 4) is 16.9 Å². The van der Waals surface area contributed by atoms with Crippen LogP contribution in [0.3, 0.4) is 0 Å². The zero-order valence-electron chi connectivity index (χ0n) is 15.6. The van der Waals surface area contributed by atoms with Crippen LogP contribution in [0.5, 0.6) is 5.75 Å². The first-order valence-corrected chi connectivity index (χ1v) is 9.45. The van der Waals surface area contributed by atoms with Crippen molar-refractivity contribution in [2.75, 3.05) is 19.8 Å². The topological polar surface area (TPSA) is 65.4 Å². The summed E-state index contributed by atoms with van der Waals surface area (Å²) in [5, 5.41) is 3.01. The molecule has 6 heteroatoms. The second-order valence-electron chi connectivity index (χ2n) is 6.78. The van der Waals surface area contributed by atoms with Gasteiger partial charge in [-0.15, -0.1) is 0 Å². The van der Waals surface area contributed by atoms with E-state index < -0.39 is 0 Å². The van der Waals surface area contributed by atoms with E-state index in [1.807, 2.05) is 59.3 Å². The second kappa shape index (κ2) is 8.71. The molecule has 1 amide bonds. The Labute approximate surface area is 164 Å². The molecular weight excluding hydrogens is 354 g/mol. The van der Waals surface area contributed by atoms with Gasteiger partial charge in [-0.05, 0) is 41.8 Å². The second-order valence-corrected chi connectivity index (χ2v) is 6.78. The molecule has 4 rings (SSSR count). The summed E-state index contributed by atoms with van der Waals surface area (Å²) in [6, 6.07) is 15.7. The number of imidazole rings is 1. The van der Waals surface area contributed by atoms with Gasteiger partial charge in [0, 0.05) is 24.6 Å². The summed E-state index contributed by atoms with van der Waals surface area (Å²) in [5.74, 6) is 0.780. The van der Waals surface area contributed by atoms with Gasteiger partial charge in [0.2, 0.25) is 0 Å². The van der Waals surface area contributed by atoms with Gasteiger partial charge in [0.25, 0.3) is 5.91 Å². The maximum absolute atomic E-state index is 12.3. The Bertz CT molecular complexity index is 884. The Hall–Kier alpha value is -3.12. The fourth-order valence-corrected chi connectivity index (χ4v) is 3.16. The fourth-order valence-electron chi connectivity index (χ4n) is 3.16. The van der Waals surface area contributed by atoms with Crippen molar-refractivity contribution in [2.24, 2.45) is 0 Å². The van der Waals surface area contributed by atoms with Crippen molar-refractivity contribution < 1.29 is 14.3 Å². The van der Waals surface area contributed by atoms with Gasteiger partial charge in [0.15, 0.2) is 0 Å². The lowest BCUT2D eigenvalue weighted by atomic mass is 10.0. The van der Waals surface area contributed by atoms with Crippen LogP contribution in [0.2, 0.25) is 0 Å². The van der Waals surface area contributed by atoms with Crippen LogP contribution in [0, 0.1) is 0 Å². The highest BCUT2D eigenvalue weighted by atomic mass is 16.5. The Balaban J connectivity index is 1.32. The number of nitrogens with zero attached hydrogens (tertiary/aromatic N) is 2. The van der Waals surface area contributed by atoms with Crippen LogP contribution in [-0.4, -0.2) is 41.3 Å². The van der Waals surface area contributed by atoms with E-state index in [9.17, 15) is 4.79 Å². The summed E-state index contributed by atoms with van der Waals surface area (Å²) in [4.78, 5) is 16.3. The molecule has 1 fully saturated rings. The van der Waals surface area contributed by atoms with E-state index in [2.05, 4.69) is 10.3 Å². The fraction of sp³-hybridized carbons (Fsp3) is 0.273. The van der Waals surface area contributed by atoms with Crippen LogP contribution in [0.15, 0.2) is 67.3 Å². The number of hydrogen-bond donors (Lipinski definition) is 1. The summed E-state index contributed by atoms with van der Waals surface area (Å²) in [6.45, 7) is 2.66. The van der Waals surface area contributed by atoms with Gasteiger partial charge in [-0.3, -0.25) is 4.79 Å². The van der Waals surface area contributed by atoms with Crippen LogP contribution >= 0.6 is 0 Å². The average molecular weight is 377 g/mol. The lowest BCUT2D eigenvalue weighted by Crippen LogP contribution is -2.34. The van der Waals surface area contributed by atoms with E-state index in [0.717, 1.165) is 29.8 Å². The number of hydrogen-bond acceptors (Lipinski definition) is 4. The van der Waals surface area contributed by atoms with E-state index >= 15 is 0 Å². The first-order valence-electron chi connectivity index (χ1n) is 9.45. The predicted octanol–water partition coefficient (Wildman–Crippen LogP) is 3.15. The number of nitrogens with one attached hydrogen (secondary N) is 1. The SMILES string of the molecule is O=C(N[C@@H]1CCOC1)c1ccc(-c2ccc(OCCn3ccnc3)cc2)cc1. The maximum Gasteiger partial charge on any atom is 0.251 e. The van der Waals surface area contributed by atoms with Crippen molar-refractivity contribution in [2.45, 2.75) is 19.0 Å². The normalized spacial score (nSPS) is 16.1. The third-order valence-electron chi connectivity index (χ3n) is 4.78. The zero-order valence-corrected chi connectivity index (χ0v) is 15.6. The van der Waals surface area contributed by atoms with Crippen molar-refractivity contribution in [1.29, 1.82) is 0 Å². The molecule has 1 aliphatic heterocycles. The molecular formula is C22H23N3O3. The van der Waals surface area contributed by atoms with E-state index in [-0.39, 0.29) is 11.9 Å². The van der Waals surface area contributed by atoms with Gasteiger partial charge >= 0.3 is 0 Å². The van der Waals surface area contributed by atoms with Crippen LogP contribution in [-0.2, 0) is 11.3 Å². The number of aromatic nitrogens is 2. The predicted molar refractivity (Wildman–Crippen MR) is 106 cm³/mol. The summed E-state index contributed by atoms with van der Waals surface area (Å²) in [5.41, 5.74) is 2.80. The van der Waals surface area contributed by atoms with Crippen molar-refractivity contribution >= 4 is 5.91 Å². The lowest BCUT2D eigenvalue weighted by Gasteiger charge is -2.11. The Morgan fingerprint density at radius 2 is 1.89 bits per heavy atom. The van der Waals surface area contributed by atoms with E-state index in [4.69, 9.17) is 9.47 Å². The first-order chi connectivity index (χ1) is 13.8. The van der Waals surface area contributed by atoms with Gasteiger partial charge in [0.1, 0.15) is 12.4 Å². The van der Waals surface area contributed by atoms with Crippen LogP contribution in [0.25, 0.3) is 11.1 Å². The molecule has 28 heavy (non-hydrogen) atoms. The summed E-state index contributed by atoms with van der Waals surface area (Å²) in [7, 11) is 0. The number of carbonyl (C=O) groups excluding carboxylic acids is 1. The number of benzene rings is 2. The summed E-state index contributed by atoms with van der Waals surface area (Å²) in [6.07, 6.45) is 6.32. The van der Waals surface area contributed by atoms with E-state index in [0.29, 0.717) is 25.4 Å². The molecule has 0 unspecified atom stereocenters. The molecule has 1 atom stereocenters. The molecule has 1 aliphatic rings. The Kier molecular flexibility index (Phi) is 5.68. The first kappa shape index (κ1) is 18.3. The number of amides is 1. The highest BCUT2D eigenvalue weighted by Gasteiger charge is 2.18. The minimum absolute atomic E-state index is 0.0521. The molecule has 144 valence electrons. The molecule has 1 saturated heterocycles. The molecule has 0 spiro atoms. The Morgan fingerprint density at radius 3 is 2.54 bits per heavy atom. The van der Waals surface area contributed by atoms with E-state index in [1.165, 1.54) is 0 Å². The number of carbonyl (C=O) groups is 1. The molecule has 6 nitrogen and oxygen atoms in total. The monoisotopic (exact) mass is 377 g/mol. The third kappa shape index (κ3) is 4.58. The molecule has 1 N–H and O–H groups in total. The summed E-state index contributed by atoms with van der Waals surface area (Å²) < 4.78 is 13.0. The molecule has 0 bridgehead atoms. The lowest BCUT2D eigenvalue weighted by molar-refractivity contribution is 0.0930. The maximum atomic E-state index is 12.3. The molecule has 1 aromatic heterocycles. The van der Waals surface area contributed by atoms with Crippen molar-refractivity contribution in [3.05, 3.63) is 72.8 Å². The standard InChI is InChI=1S/C22H23N3O3/c26-22(24-20-9-13-27-15-20)19-3-1-17(2-4-19)18-5-7-21(8-6-18)28-14-12-25-11-10-23-16-25/h1-8,10-11,16,20H,9,12-15H2,(H,24,26)/t20-/m1/s1. The van der Waals surface area contributed by atoms with Crippen molar-refractivity contribution in [3.63, 3.8) is 0 Å². The smallest absolute Gasteiger partial charge is 0.251 e. The Morgan fingerprint density at radius 1 is 1.14 bits per heavy atom. The van der Waals surface area contributed by atoms with Gasteiger partial charge < -0.3 is 19.4 Å². The van der Waals surface area contributed by atoms with Crippen molar-refractivity contribution in [1.82, 2.24) is 14.9 Å². The van der Waals surface area contributed by atoms with Crippen LogP contribution in [0.1, 0.15) is 16.8 Å². The zero-order chi connectivity index (χ0) is 19.2. The van der Waals surface area contributed by atoms with Crippen LogP contribution < -0.4 is 10.1 Å². The van der Waals surface area contributed by atoms with E-state index in [1.54, 1.807) is 12.5 Å². The van der Waals surface area contributed by atoms with Gasteiger partial charge in [-0.25, -0.2) is 4.98 Å². The minimum Gasteiger partial charge on any atom is -0.492 e. The largest absolute Gasteiger partial charge is 0.492 e. The number of rotatable bonds is 7. The third-order valence-corrected chi connectivity index (χ3v) is 4.78.